The molecule has 0 aliphatic carbocycles. The number of fused-ring (bicyclic) bond motifs is 1. The van der Waals surface area contributed by atoms with Gasteiger partial charge in [0.05, 0.1) is 12.1 Å². The van der Waals surface area contributed by atoms with Gasteiger partial charge >= 0.3 is 0 Å². The first kappa shape index (κ1) is 21.9. The normalized spacial score (nSPS) is 10.8. The summed E-state index contributed by atoms with van der Waals surface area (Å²) in [5.41, 5.74) is 0.465. The lowest BCUT2D eigenvalue weighted by Gasteiger charge is -2.13. The zero-order chi connectivity index (χ0) is 22.7. The van der Waals surface area contributed by atoms with Crippen LogP contribution >= 0.6 is 0 Å². The van der Waals surface area contributed by atoms with Crippen molar-refractivity contribution in [3.05, 3.63) is 68.9 Å². The molecule has 0 radical (unpaired) electrons. The van der Waals surface area contributed by atoms with Crippen molar-refractivity contribution in [1.82, 2.24) is 20.2 Å². The van der Waals surface area contributed by atoms with Gasteiger partial charge in [-0.1, -0.05) is 6.07 Å². The van der Waals surface area contributed by atoms with E-state index in [2.05, 4.69) is 15.6 Å². The average Bonchev–Trinajstić information content (AvgIpc) is 2.76. The third-order valence-electron chi connectivity index (χ3n) is 4.83. The maximum atomic E-state index is 13.6. The van der Waals surface area contributed by atoms with Crippen LogP contribution in [0.2, 0.25) is 0 Å². The molecule has 10 heteroatoms. The molecular formula is C21H21FN4O5. The number of pyridine rings is 2. The molecule has 0 saturated heterocycles. The molecule has 0 bridgehead atoms. The molecule has 1 aromatic carbocycles. The number of carbonyl (C=O) groups is 2. The Bertz CT molecular complexity index is 1240. The summed E-state index contributed by atoms with van der Waals surface area (Å²) < 4.78 is 14.8. The maximum Gasteiger partial charge on any atom is 0.267 e. The van der Waals surface area contributed by atoms with Crippen molar-refractivity contribution >= 4 is 22.8 Å². The number of aromatic hydroxyl groups is 1. The summed E-state index contributed by atoms with van der Waals surface area (Å²) in [6.07, 6.45) is 1.67. The van der Waals surface area contributed by atoms with Gasteiger partial charge in [-0.05, 0) is 35.7 Å². The van der Waals surface area contributed by atoms with Gasteiger partial charge in [-0.25, -0.2) is 4.39 Å². The highest BCUT2D eigenvalue weighted by Gasteiger charge is 2.22. The summed E-state index contributed by atoms with van der Waals surface area (Å²) in [5.74, 6) is -2.36. The number of amides is 2. The SMILES string of the molecule is CNC(=O)c1cc(F)ccc1Cc1cnc2c(O)c(C(=O)NCCO)c(=O)n(C)c2c1. The molecule has 31 heavy (non-hydrogen) atoms. The Morgan fingerprint density at radius 1 is 1.23 bits per heavy atom. The molecule has 0 aliphatic heterocycles. The number of halogens is 1. The van der Waals surface area contributed by atoms with Crippen molar-refractivity contribution in [2.75, 3.05) is 20.2 Å². The molecule has 0 atom stereocenters. The number of hydrogen-bond donors (Lipinski definition) is 4. The van der Waals surface area contributed by atoms with Crippen LogP contribution in [0.15, 0.2) is 35.3 Å². The van der Waals surface area contributed by atoms with Gasteiger partial charge in [0.25, 0.3) is 17.4 Å². The van der Waals surface area contributed by atoms with Crippen LogP contribution in [0.1, 0.15) is 31.8 Å². The fourth-order valence-corrected chi connectivity index (χ4v) is 3.26. The molecule has 0 aliphatic rings. The van der Waals surface area contributed by atoms with Gasteiger partial charge in [-0.15, -0.1) is 0 Å². The van der Waals surface area contributed by atoms with Gasteiger partial charge in [-0.3, -0.25) is 19.4 Å². The van der Waals surface area contributed by atoms with E-state index in [9.17, 15) is 23.9 Å². The topological polar surface area (TPSA) is 134 Å². The second-order valence-corrected chi connectivity index (χ2v) is 6.84. The van der Waals surface area contributed by atoms with Crippen molar-refractivity contribution in [3.8, 4) is 5.75 Å². The van der Waals surface area contributed by atoms with Gasteiger partial charge in [0.1, 0.15) is 16.9 Å². The molecule has 0 spiro atoms. The van der Waals surface area contributed by atoms with Gasteiger partial charge in [0.15, 0.2) is 5.75 Å². The fraction of sp³-hybridized carbons (Fsp3) is 0.238. The number of aromatic nitrogens is 2. The summed E-state index contributed by atoms with van der Waals surface area (Å²) in [4.78, 5) is 41.2. The number of benzene rings is 1. The molecule has 0 unspecified atom stereocenters. The Morgan fingerprint density at radius 2 is 1.97 bits per heavy atom. The first-order chi connectivity index (χ1) is 14.8. The highest BCUT2D eigenvalue weighted by molar-refractivity contribution is 6.01. The van der Waals surface area contributed by atoms with Crippen molar-refractivity contribution in [2.24, 2.45) is 7.05 Å². The van der Waals surface area contributed by atoms with Gasteiger partial charge in [0.2, 0.25) is 0 Å². The first-order valence-electron chi connectivity index (χ1n) is 9.38. The van der Waals surface area contributed by atoms with E-state index in [4.69, 9.17) is 5.11 Å². The Hall–Kier alpha value is -3.79. The van der Waals surface area contributed by atoms with Crippen LogP contribution in [0.4, 0.5) is 4.39 Å². The Balaban J connectivity index is 2.07. The Labute approximate surface area is 176 Å². The Kier molecular flexibility index (Phi) is 6.30. The van der Waals surface area contributed by atoms with Gasteiger partial charge in [0, 0.05) is 32.4 Å². The number of aryl methyl sites for hydroxylation is 1. The van der Waals surface area contributed by atoms with E-state index in [0.717, 1.165) is 6.07 Å². The van der Waals surface area contributed by atoms with Crippen LogP contribution in [-0.2, 0) is 13.5 Å². The number of nitrogens with zero attached hydrogens (tertiary/aromatic N) is 2. The molecule has 9 nitrogen and oxygen atoms in total. The van der Waals surface area contributed by atoms with E-state index in [1.54, 1.807) is 6.07 Å². The largest absolute Gasteiger partial charge is 0.505 e. The highest BCUT2D eigenvalue weighted by Crippen LogP contribution is 2.26. The monoisotopic (exact) mass is 428 g/mol. The van der Waals surface area contributed by atoms with Crippen molar-refractivity contribution in [1.29, 1.82) is 0 Å². The van der Waals surface area contributed by atoms with Crippen LogP contribution in [0.25, 0.3) is 11.0 Å². The zero-order valence-electron chi connectivity index (χ0n) is 16.9. The molecule has 2 amide bonds. The molecule has 0 saturated carbocycles. The third-order valence-corrected chi connectivity index (χ3v) is 4.83. The van der Waals surface area contributed by atoms with E-state index < -0.39 is 34.5 Å². The lowest BCUT2D eigenvalue weighted by molar-refractivity contribution is 0.0937. The third kappa shape index (κ3) is 4.24. The standard InChI is InChI=1S/C21H21FN4O5/c1-23-19(29)14-9-13(22)4-3-12(14)7-11-8-15-17(25-10-11)18(28)16(21(31)26(15)2)20(30)24-5-6-27/h3-4,8-10,27-28H,5-7H2,1-2H3,(H,23,29)(H,24,30). The second-order valence-electron chi connectivity index (χ2n) is 6.84. The van der Waals surface area contributed by atoms with Crippen LogP contribution in [0.5, 0.6) is 5.75 Å². The van der Waals surface area contributed by atoms with Crippen LogP contribution in [0.3, 0.4) is 0 Å². The lowest BCUT2D eigenvalue weighted by Crippen LogP contribution is -2.34. The molecular weight excluding hydrogens is 407 g/mol. The smallest absolute Gasteiger partial charge is 0.267 e. The molecule has 162 valence electrons. The number of aliphatic hydroxyl groups is 1. The van der Waals surface area contributed by atoms with Crippen LogP contribution in [0, 0.1) is 5.82 Å². The van der Waals surface area contributed by atoms with E-state index in [0.29, 0.717) is 11.1 Å². The summed E-state index contributed by atoms with van der Waals surface area (Å²) >= 11 is 0. The van der Waals surface area contributed by atoms with Crippen molar-refractivity contribution in [2.45, 2.75) is 6.42 Å². The number of aliphatic hydroxyl groups excluding tert-OH is 1. The molecule has 2 heterocycles. The van der Waals surface area contributed by atoms with E-state index in [1.165, 1.54) is 37.0 Å². The van der Waals surface area contributed by atoms with Crippen molar-refractivity contribution in [3.63, 3.8) is 0 Å². The first-order valence-corrected chi connectivity index (χ1v) is 9.38. The summed E-state index contributed by atoms with van der Waals surface area (Å²) in [6.45, 7) is -0.388. The summed E-state index contributed by atoms with van der Waals surface area (Å²) in [6, 6.07) is 5.49. The number of hydrogen-bond acceptors (Lipinski definition) is 6. The molecule has 4 N–H and O–H groups in total. The number of rotatable bonds is 6. The molecule has 0 fully saturated rings. The Morgan fingerprint density at radius 3 is 2.65 bits per heavy atom. The van der Waals surface area contributed by atoms with Crippen molar-refractivity contribution < 1.29 is 24.2 Å². The predicted octanol–water partition coefficient (Wildman–Crippen LogP) is 0.451. The highest BCUT2D eigenvalue weighted by atomic mass is 19.1. The van der Waals surface area contributed by atoms with E-state index >= 15 is 0 Å². The van der Waals surface area contributed by atoms with Crippen LogP contribution < -0.4 is 16.2 Å². The molecule has 3 rings (SSSR count). The summed E-state index contributed by atoms with van der Waals surface area (Å²) in [7, 11) is 2.88. The zero-order valence-corrected chi connectivity index (χ0v) is 16.9. The predicted molar refractivity (Wildman–Crippen MR) is 111 cm³/mol. The fourth-order valence-electron chi connectivity index (χ4n) is 3.26. The molecule has 3 aromatic rings. The number of nitrogens with one attached hydrogen (secondary N) is 2. The second kappa shape index (κ2) is 8.92. The quantitative estimate of drug-likeness (QED) is 0.451. The average molecular weight is 428 g/mol. The number of carbonyl (C=O) groups excluding carboxylic acids is 2. The van der Waals surface area contributed by atoms with Crippen LogP contribution in [-0.4, -0.2) is 51.8 Å². The van der Waals surface area contributed by atoms with E-state index in [1.807, 2.05) is 0 Å². The minimum atomic E-state index is -0.818. The van der Waals surface area contributed by atoms with E-state index in [-0.39, 0.29) is 36.2 Å². The lowest BCUT2D eigenvalue weighted by atomic mass is 9.99. The maximum absolute atomic E-state index is 13.6. The summed E-state index contributed by atoms with van der Waals surface area (Å²) in [5, 5.41) is 24.1. The van der Waals surface area contributed by atoms with Gasteiger partial charge in [-0.2, -0.15) is 0 Å². The minimum Gasteiger partial charge on any atom is -0.505 e. The minimum absolute atomic E-state index is 0.0469. The molecule has 2 aromatic heterocycles. The van der Waals surface area contributed by atoms with Gasteiger partial charge < -0.3 is 25.4 Å².